The molecular formula is C40H34N2S. The van der Waals surface area contributed by atoms with E-state index in [0.717, 1.165) is 11.5 Å². The zero-order valence-corrected chi connectivity index (χ0v) is 25.8. The number of fused-ring (bicyclic) bond motifs is 10. The van der Waals surface area contributed by atoms with E-state index in [9.17, 15) is 0 Å². The number of para-hydroxylation sites is 2. The van der Waals surface area contributed by atoms with Crippen LogP contribution in [0.3, 0.4) is 0 Å². The summed E-state index contributed by atoms with van der Waals surface area (Å²) in [7, 11) is 0. The van der Waals surface area contributed by atoms with Gasteiger partial charge in [-0.2, -0.15) is 0 Å². The van der Waals surface area contributed by atoms with Crippen LogP contribution in [0.4, 0.5) is 5.69 Å². The molecule has 0 radical (unpaired) electrons. The highest BCUT2D eigenvalue weighted by Crippen LogP contribution is 2.47. The quantitative estimate of drug-likeness (QED) is 0.147. The second kappa shape index (κ2) is 11.2. The summed E-state index contributed by atoms with van der Waals surface area (Å²) >= 11 is 1.89. The van der Waals surface area contributed by atoms with Gasteiger partial charge in [-0.15, -0.1) is 11.3 Å². The average Bonchev–Trinajstić information content (AvgIpc) is 3.63. The van der Waals surface area contributed by atoms with Gasteiger partial charge < -0.3 is 0 Å². The predicted molar refractivity (Wildman–Crippen MR) is 190 cm³/mol. The molecule has 210 valence electrons. The number of benzene rings is 6. The SMILES string of the molecule is CC.CC(=Nc1ccccc1C(C)c1ccccc1)n1c2ccccc2c2c3ccccc3c3c4ccccc4sc3c21. The third-order valence-electron chi connectivity index (χ3n) is 8.46. The van der Waals surface area contributed by atoms with Crippen molar-refractivity contribution < 1.29 is 0 Å². The van der Waals surface area contributed by atoms with Crippen LogP contribution in [0, 0.1) is 0 Å². The maximum Gasteiger partial charge on any atom is 0.111 e. The van der Waals surface area contributed by atoms with Gasteiger partial charge in [0.2, 0.25) is 0 Å². The molecule has 0 bridgehead atoms. The summed E-state index contributed by atoms with van der Waals surface area (Å²) in [6, 6.07) is 45.8. The van der Waals surface area contributed by atoms with E-state index >= 15 is 0 Å². The molecule has 3 heteroatoms. The Balaban J connectivity index is 0.00000147. The second-order valence-corrected chi connectivity index (χ2v) is 11.8. The van der Waals surface area contributed by atoms with Gasteiger partial charge in [-0.05, 0) is 47.0 Å². The van der Waals surface area contributed by atoms with Crippen LogP contribution in [0.1, 0.15) is 44.7 Å². The van der Waals surface area contributed by atoms with Crippen molar-refractivity contribution in [3.63, 3.8) is 0 Å². The molecule has 43 heavy (non-hydrogen) atoms. The lowest BCUT2D eigenvalue weighted by atomic mass is 9.92. The van der Waals surface area contributed by atoms with E-state index in [-0.39, 0.29) is 5.92 Å². The summed E-state index contributed by atoms with van der Waals surface area (Å²) in [5.74, 6) is 1.21. The molecule has 2 aromatic heterocycles. The topological polar surface area (TPSA) is 17.3 Å². The molecule has 0 aliphatic carbocycles. The molecule has 1 unspecified atom stereocenters. The fraction of sp³-hybridized carbons (Fsp3) is 0.125. The standard InChI is InChI=1S/C38H28N2S.C2H6/c1-24(26-14-4-3-5-15-26)27-16-8-11-21-32(27)39-25(2)40-33-22-12-9-19-30(33)35-28-17-6-7-18-29(28)36-31-20-10-13-23-34(31)41-38(36)37(35)40;1-2/h3-24H,1-2H3;1-2H3. The Morgan fingerprint density at radius 1 is 0.628 bits per heavy atom. The first kappa shape index (κ1) is 27.1. The number of hydrogen-bond acceptors (Lipinski definition) is 2. The Hall–Kier alpha value is -4.73. The van der Waals surface area contributed by atoms with Crippen molar-refractivity contribution >= 4 is 75.6 Å². The van der Waals surface area contributed by atoms with Gasteiger partial charge in [0.25, 0.3) is 0 Å². The first-order valence-corrected chi connectivity index (χ1v) is 16.0. The zero-order valence-electron chi connectivity index (χ0n) is 25.0. The minimum atomic E-state index is 0.236. The van der Waals surface area contributed by atoms with Gasteiger partial charge in [0.1, 0.15) is 5.84 Å². The van der Waals surface area contributed by atoms with Crippen LogP contribution in [0.15, 0.2) is 132 Å². The van der Waals surface area contributed by atoms with Crippen LogP contribution in [-0.4, -0.2) is 10.4 Å². The normalized spacial score (nSPS) is 12.7. The highest BCUT2D eigenvalue weighted by molar-refractivity contribution is 7.27. The van der Waals surface area contributed by atoms with Crippen LogP contribution in [0.5, 0.6) is 0 Å². The van der Waals surface area contributed by atoms with Crippen molar-refractivity contribution in [1.29, 1.82) is 0 Å². The van der Waals surface area contributed by atoms with Gasteiger partial charge in [-0.3, -0.25) is 4.57 Å². The van der Waals surface area contributed by atoms with Gasteiger partial charge in [0.05, 0.1) is 21.4 Å². The van der Waals surface area contributed by atoms with Gasteiger partial charge in [-0.1, -0.05) is 130 Å². The third-order valence-corrected chi connectivity index (χ3v) is 9.64. The van der Waals surface area contributed by atoms with Crippen LogP contribution >= 0.6 is 11.3 Å². The molecule has 0 N–H and O–H groups in total. The number of rotatable bonds is 3. The molecule has 0 amide bonds. The van der Waals surface area contributed by atoms with Gasteiger partial charge in [-0.25, -0.2) is 4.99 Å². The molecule has 0 saturated heterocycles. The van der Waals surface area contributed by atoms with Gasteiger partial charge in [0.15, 0.2) is 0 Å². The van der Waals surface area contributed by atoms with Crippen molar-refractivity contribution in [1.82, 2.24) is 4.57 Å². The number of hydrogen-bond donors (Lipinski definition) is 0. The first-order valence-electron chi connectivity index (χ1n) is 15.2. The number of nitrogens with zero attached hydrogens (tertiary/aromatic N) is 2. The number of thiophene rings is 1. The van der Waals surface area contributed by atoms with E-state index in [1.54, 1.807) is 0 Å². The Bertz CT molecular complexity index is 2290. The average molecular weight is 575 g/mol. The van der Waals surface area contributed by atoms with Gasteiger partial charge in [0, 0.05) is 32.2 Å². The summed E-state index contributed by atoms with van der Waals surface area (Å²) in [5, 5.41) is 7.82. The Labute approximate surface area is 256 Å². The molecule has 2 nitrogen and oxygen atoms in total. The van der Waals surface area contributed by atoms with E-state index in [1.807, 2.05) is 25.2 Å². The van der Waals surface area contributed by atoms with Crippen LogP contribution in [-0.2, 0) is 0 Å². The second-order valence-electron chi connectivity index (χ2n) is 10.8. The molecule has 6 aromatic carbocycles. The number of aromatic nitrogens is 1. The fourth-order valence-corrected chi connectivity index (χ4v) is 7.82. The van der Waals surface area contributed by atoms with E-state index < -0.39 is 0 Å². The lowest BCUT2D eigenvalue weighted by Gasteiger charge is -2.16. The monoisotopic (exact) mass is 574 g/mol. The highest BCUT2D eigenvalue weighted by atomic mass is 32.1. The summed E-state index contributed by atoms with van der Waals surface area (Å²) in [6.07, 6.45) is 0. The summed E-state index contributed by atoms with van der Waals surface area (Å²) in [5.41, 5.74) is 5.98. The molecule has 8 aromatic rings. The van der Waals surface area contributed by atoms with Crippen LogP contribution in [0.25, 0.3) is 52.8 Å². The zero-order chi connectivity index (χ0) is 29.5. The molecule has 0 aliphatic heterocycles. The van der Waals surface area contributed by atoms with Crippen molar-refractivity contribution in [2.45, 2.75) is 33.6 Å². The molecule has 0 aliphatic rings. The Morgan fingerprint density at radius 2 is 1.21 bits per heavy atom. The van der Waals surface area contributed by atoms with Crippen LogP contribution in [0.2, 0.25) is 0 Å². The molecule has 0 fully saturated rings. The van der Waals surface area contributed by atoms with E-state index in [1.165, 1.54) is 63.9 Å². The molecule has 1 atom stereocenters. The van der Waals surface area contributed by atoms with Crippen molar-refractivity contribution in [2.24, 2.45) is 4.99 Å². The van der Waals surface area contributed by atoms with Crippen molar-refractivity contribution in [2.75, 3.05) is 0 Å². The number of aliphatic imine (C=N–C) groups is 1. The smallest absolute Gasteiger partial charge is 0.111 e. The van der Waals surface area contributed by atoms with Crippen LogP contribution < -0.4 is 0 Å². The van der Waals surface area contributed by atoms with E-state index in [4.69, 9.17) is 4.99 Å². The summed E-state index contributed by atoms with van der Waals surface area (Å²) in [6.45, 7) is 8.43. The largest absolute Gasteiger partial charge is 0.296 e. The van der Waals surface area contributed by atoms with Gasteiger partial charge >= 0.3 is 0 Å². The lowest BCUT2D eigenvalue weighted by molar-refractivity contribution is 0.921. The summed E-state index contributed by atoms with van der Waals surface area (Å²) < 4.78 is 5.03. The first-order chi connectivity index (χ1) is 21.2. The van der Waals surface area contributed by atoms with E-state index in [2.05, 4.69) is 146 Å². The van der Waals surface area contributed by atoms with Crippen molar-refractivity contribution in [3.05, 3.63) is 139 Å². The maximum absolute atomic E-state index is 5.37. The Kier molecular flexibility index (Phi) is 7.04. The predicted octanol–water partition coefficient (Wildman–Crippen LogP) is 12.1. The maximum atomic E-state index is 5.37. The minimum Gasteiger partial charge on any atom is -0.296 e. The molecule has 0 saturated carbocycles. The minimum absolute atomic E-state index is 0.236. The molecular weight excluding hydrogens is 541 g/mol. The Morgan fingerprint density at radius 3 is 1.98 bits per heavy atom. The molecule has 0 spiro atoms. The third kappa shape index (κ3) is 4.35. The summed E-state index contributed by atoms with van der Waals surface area (Å²) in [4.78, 5) is 5.37. The molecule has 2 heterocycles. The van der Waals surface area contributed by atoms with E-state index in [0.29, 0.717) is 0 Å². The molecule has 8 rings (SSSR count). The fourth-order valence-electron chi connectivity index (χ4n) is 6.56. The lowest BCUT2D eigenvalue weighted by Crippen LogP contribution is -2.07. The highest BCUT2D eigenvalue weighted by Gasteiger charge is 2.22. The van der Waals surface area contributed by atoms with Crippen molar-refractivity contribution in [3.8, 4) is 0 Å².